The van der Waals surface area contributed by atoms with Crippen LogP contribution in [0.2, 0.25) is 10.0 Å². The summed E-state index contributed by atoms with van der Waals surface area (Å²) in [5.74, 6) is 0.172. The van der Waals surface area contributed by atoms with Crippen molar-refractivity contribution in [3.05, 3.63) is 44.5 Å². The van der Waals surface area contributed by atoms with Gasteiger partial charge in [-0.05, 0) is 31.2 Å². The molecule has 0 saturated carbocycles. The molecule has 0 atom stereocenters. The van der Waals surface area contributed by atoms with E-state index in [2.05, 4.69) is 36.8 Å². The molecule has 0 bridgehead atoms. The molecule has 2 N–H and O–H groups in total. The minimum absolute atomic E-state index is 0.173. The van der Waals surface area contributed by atoms with Crippen LogP contribution in [0.15, 0.2) is 28.7 Å². The first-order valence-electron chi connectivity index (χ1n) is 6.04. The van der Waals surface area contributed by atoms with Crippen molar-refractivity contribution in [2.45, 2.75) is 6.92 Å². The zero-order valence-electron chi connectivity index (χ0n) is 11.0. The third-order valence-corrected chi connectivity index (χ3v) is 3.55. The lowest BCUT2D eigenvalue weighted by Crippen LogP contribution is -2.15. The van der Waals surface area contributed by atoms with Crippen LogP contribution in [-0.2, 0) is 0 Å². The highest BCUT2D eigenvalue weighted by molar-refractivity contribution is 9.10. The van der Waals surface area contributed by atoms with Gasteiger partial charge in [-0.3, -0.25) is 4.79 Å². The number of benzene rings is 1. The second kappa shape index (κ2) is 7.06. The van der Waals surface area contributed by atoms with E-state index in [9.17, 15) is 4.79 Å². The van der Waals surface area contributed by atoms with Crippen molar-refractivity contribution in [1.29, 1.82) is 0 Å². The van der Waals surface area contributed by atoms with Crippen molar-refractivity contribution in [2.24, 2.45) is 0 Å². The quantitative estimate of drug-likeness (QED) is 0.820. The first kappa shape index (κ1) is 16.0. The predicted molar refractivity (Wildman–Crippen MR) is 88.3 cm³/mol. The minimum atomic E-state index is -0.434. The van der Waals surface area contributed by atoms with E-state index in [1.165, 1.54) is 0 Å². The standard InChI is InChI=1S/C13H11BrCl2N4O/c1-2-17-11-4-3-10(19-20-11)13(21)18-12-8(15)5-7(14)6-9(12)16/h3-6H,2H2,1H3,(H,17,20)(H,18,21). The minimum Gasteiger partial charge on any atom is -0.369 e. The van der Waals surface area contributed by atoms with Crippen LogP contribution in [0.4, 0.5) is 11.5 Å². The fraction of sp³-hybridized carbons (Fsp3) is 0.154. The van der Waals surface area contributed by atoms with Crippen molar-refractivity contribution in [3.63, 3.8) is 0 Å². The summed E-state index contributed by atoms with van der Waals surface area (Å²) in [6, 6.07) is 6.53. The van der Waals surface area contributed by atoms with E-state index < -0.39 is 5.91 Å². The summed E-state index contributed by atoms with van der Waals surface area (Å²) in [5.41, 5.74) is 0.510. The van der Waals surface area contributed by atoms with Crippen LogP contribution in [0.3, 0.4) is 0 Å². The number of rotatable bonds is 4. The fourth-order valence-corrected chi connectivity index (χ4v) is 2.87. The second-order valence-corrected chi connectivity index (χ2v) is 5.76. The largest absolute Gasteiger partial charge is 0.369 e. The van der Waals surface area contributed by atoms with Gasteiger partial charge in [0.25, 0.3) is 5.91 Å². The Morgan fingerprint density at radius 3 is 2.43 bits per heavy atom. The molecule has 110 valence electrons. The number of aromatic nitrogens is 2. The van der Waals surface area contributed by atoms with E-state index in [0.29, 0.717) is 21.6 Å². The van der Waals surface area contributed by atoms with E-state index in [-0.39, 0.29) is 5.69 Å². The predicted octanol–water partition coefficient (Wildman–Crippen LogP) is 4.23. The molecule has 2 aromatic rings. The summed E-state index contributed by atoms with van der Waals surface area (Å²) in [5, 5.41) is 14.0. The van der Waals surface area contributed by atoms with Crippen LogP contribution in [0.1, 0.15) is 17.4 Å². The highest BCUT2D eigenvalue weighted by atomic mass is 79.9. The Morgan fingerprint density at radius 2 is 1.90 bits per heavy atom. The number of carbonyl (C=O) groups is 1. The second-order valence-electron chi connectivity index (χ2n) is 4.03. The van der Waals surface area contributed by atoms with Crippen molar-refractivity contribution in [1.82, 2.24) is 10.2 Å². The van der Waals surface area contributed by atoms with Crippen LogP contribution in [0, 0.1) is 0 Å². The Labute approximate surface area is 140 Å². The van der Waals surface area contributed by atoms with E-state index >= 15 is 0 Å². The maximum atomic E-state index is 12.1. The maximum absolute atomic E-state index is 12.1. The van der Waals surface area contributed by atoms with Crippen molar-refractivity contribution in [3.8, 4) is 0 Å². The summed E-state index contributed by atoms with van der Waals surface area (Å²) in [7, 11) is 0. The number of hydrogen-bond acceptors (Lipinski definition) is 4. The molecule has 0 aliphatic carbocycles. The Kier molecular flexibility index (Phi) is 5.39. The molecular weight excluding hydrogens is 379 g/mol. The number of carbonyl (C=O) groups excluding carboxylic acids is 1. The molecule has 0 spiro atoms. The lowest BCUT2D eigenvalue weighted by molar-refractivity contribution is 0.102. The van der Waals surface area contributed by atoms with Gasteiger partial charge in [0.1, 0.15) is 5.82 Å². The summed E-state index contributed by atoms with van der Waals surface area (Å²) in [6.45, 7) is 2.67. The Hall–Kier alpha value is -1.37. The van der Waals surface area contributed by atoms with Crippen molar-refractivity contribution < 1.29 is 4.79 Å². The lowest BCUT2D eigenvalue weighted by atomic mass is 10.3. The number of hydrogen-bond donors (Lipinski definition) is 2. The average Bonchev–Trinajstić information content (AvgIpc) is 2.43. The molecule has 0 aliphatic rings. The smallest absolute Gasteiger partial charge is 0.276 e. The Balaban J connectivity index is 2.18. The molecule has 0 radical (unpaired) electrons. The van der Waals surface area contributed by atoms with E-state index in [0.717, 1.165) is 11.0 Å². The number of nitrogens with one attached hydrogen (secondary N) is 2. The van der Waals surface area contributed by atoms with Gasteiger partial charge in [-0.15, -0.1) is 10.2 Å². The monoisotopic (exact) mass is 388 g/mol. The normalized spacial score (nSPS) is 10.3. The van der Waals surface area contributed by atoms with Crippen LogP contribution in [0.25, 0.3) is 0 Å². The molecule has 5 nitrogen and oxygen atoms in total. The zero-order valence-corrected chi connectivity index (χ0v) is 14.1. The van der Waals surface area contributed by atoms with Gasteiger partial charge in [0.05, 0.1) is 15.7 Å². The summed E-state index contributed by atoms with van der Waals surface area (Å²) in [4.78, 5) is 12.1. The SMILES string of the molecule is CCNc1ccc(C(=O)Nc2c(Cl)cc(Br)cc2Cl)nn1. The fourth-order valence-electron chi connectivity index (χ4n) is 1.57. The molecule has 1 aromatic heterocycles. The highest BCUT2D eigenvalue weighted by Crippen LogP contribution is 2.33. The summed E-state index contributed by atoms with van der Waals surface area (Å²) in [6.07, 6.45) is 0. The van der Waals surface area contributed by atoms with Gasteiger partial charge in [-0.1, -0.05) is 39.1 Å². The van der Waals surface area contributed by atoms with E-state index in [4.69, 9.17) is 23.2 Å². The van der Waals surface area contributed by atoms with Crippen LogP contribution in [-0.4, -0.2) is 22.6 Å². The van der Waals surface area contributed by atoms with Gasteiger partial charge < -0.3 is 10.6 Å². The maximum Gasteiger partial charge on any atom is 0.276 e. The molecule has 2 rings (SSSR count). The molecule has 1 heterocycles. The average molecular weight is 390 g/mol. The molecule has 0 saturated heterocycles. The van der Waals surface area contributed by atoms with Gasteiger partial charge in [-0.2, -0.15) is 0 Å². The first-order chi connectivity index (χ1) is 10.0. The van der Waals surface area contributed by atoms with Crippen LogP contribution in [0.5, 0.6) is 0 Å². The molecule has 0 fully saturated rings. The van der Waals surface area contributed by atoms with E-state index in [1.54, 1.807) is 24.3 Å². The topological polar surface area (TPSA) is 66.9 Å². The molecule has 1 amide bonds. The Morgan fingerprint density at radius 1 is 1.24 bits per heavy atom. The third-order valence-electron chi connectivity index (χ3n) is 2.50. The molecule has 0 aliphatic heterocycles. The highest BCUT2D eigenvalue weighted by Gasteiger charge is 2.14. The van der Waals surface area contributed by atoms with Gasteiger partial charge >= 0.3 is 0 Å². The lowest BCUT2D eigenvalue weighted by Gasteiger charge is -2.09. The van der Waals surface area contributed by atoms with Gasteiger partial charge in [-0.25, -0.2) is 0 Å². The van der Waals surface area contributed by atoms with Crippen LogP contribution >= 0.6 is 39.1 Å². The van der Waals surface area contributed by atoms with Gasteiger partial charge in [0.2, 0.25) is 0 Å². The molecule has 1 aromatic carbocycles. The number of halogens is 3. The summed E-state index contributed by atoms with van der Waals surface area (Å²) < 4.78 is 0.727. The third kappa shape index (κ3) is 4.06. The molecule has 0 unspecified atom stereocenters. The zero-order chi connectivity index (χ0) is 15.4. The molecule has 21 heavy (non-hydrogen) atoms. The summed E-state index contributed by atoms with van der Waals surface area (Å²) >= 11 is 15.4. The first-order valence-corrected chi connectivity index (χ1v) is 7.59. The van der Waals surface area contributed by atoms with E-state index in [1.807, 2.05) is 6.92 Å². The van der Waals surface area contributed by atoms with Crippen molar-refractivity contribution >= 4 is 56.5 Å². The van der Waals surface area contributed by atoms with Gasteiger partial charge in [0, 0.05) is 11.0 Å². The molecule has 8 heteroatoms. The van der Waals surface area contributed by atoms with Gasteiger partial charge in [0.15, 0.2) is 5.69 Å². The van der Waals surface area contributed by atoms with Crippen molar-refractivity contribution in [2.75, 3.05) is 17.2 Å². The molecular formula is C13H11BrCl2N4O. The Bertz CT molecular complexity index is 641. The number of anilines is 2. The van der Waals surface area contributed by atoms with Crippen LogP contribution < -0.4 is 10.6 Å². The number of amides is 1. The number of nitrogens with zero attached hydrogens (tertiary/aromatic N) is 2.